The summed E-state index contributed by atoms with van der Waals surface area (Å²) in [5.74, 6) is 4.77. The van der Waals surface area contributed by atoms with Crippen molar-refractivity contribution in [3.05, 3.63) is 90.1 Å². The number of nitrogens with two attached hydrogens (primary N) is 2. The predicted octanol–water partition coefficient (Wildman–Crippen LogP) is 6.68. The standard InChI is InChI=1S/C39H41N7O/c1-22(47)45(2)28-19-25-20-30-31(21-28)35(30)34(25)24-7-3-6-23(18-24)32-13-14-33-38(43-32)46(37(44-33)29-8-4-17-42-36(29)40)27-11-9-26(10-12-27)39(41)15-5-16-39/h3-4,6-14,17-18,25,28,30-31,34-35H,5,15-16,19-21,41H2,1-2H3,(H2,40,42)/t25-,28-,30?,31+,34?,35?/m0/s1. The summed E-state index contributed by atoms with van der Waals surface area (Å²) in [6, 6.07) is 25.9. The van der Waals surface area contributed by atoms with E-state index in [2.05, 4.69) is 70.2 Å². The minimum Gasteiger partial charge on any atom is -0.383 e. The average molecular weight is 624 g/mol. The molecule has 8 heteroatoms. The maximum Gasteiger partial charge on any atom is 0.219 e. The highest BCUT2D eigenvalue weighted by molar-refractivity contribution is 5.84. The molecule has 5 saturated carbocycles. The lowest BCUT2D eigenvalue weighted by atomic mass is 9.73. The van der Waals surface area contributed by atoms with Crippen LogP contribution < -0.4 is 11.5 Å². The zero-order chi connectivity index (χ0) is 32.0. The number of hydrogen-bond acceptors (Lipinski definition) is 6. The van der Waals surface area contributed by atoms with Crippen LogP contribution in [0.1, 0.15) is 62.5 Å². The van der Waals surface area contributed by atoms with Crippen molar-refractivity contribution in [1.82, 2.24) is 24.4 Å². The number of amides is 1. The van der Waals surface area contributed by atoms with Crippen molar-refractivity contribution in [3.63, 3.8) is 0 Å². The van der Waals surface area contributed by atoms with Crippen molar-refractivity contribution < 1.29 is 4.79 Å². The Bertz CT molecular complexity index is 2030. The molecule has 0 aliphatic heterocycles. The van der Waals surface area contributed by atoms with Crippen molar-refractivity contribution in [2.75, 3.05) is 12.8 Å². The number of carbonyl (C=O) groups is 1. The molecule has 0 saturated heterocycles. The van der Waals surface area contributed by atoms with Crippen LogP contribution in [0.2, 0.25) is 0 Å². The van der Waals surface area contributed by atoms with Crippen molar-refractivity contribution >= 4 is 22.9 Å². The van der Waals surface area contributed by atoms with E-state index in [0.717, 1.165) is 77.1 Å². The van der Waals surface area contributed by atoms with Gasteiger partial charge in [-0.25, -0.2) is 15.0 Å². The molecular formula is C39H41N7O. The second-order valence-corrected chi connectivity index (χ2v) is 14.6. The lowest BCUT2D eigenvalue weighted by molar-refractivity contribution is -0.130. The highest BCUT2D eigenvalue weighted by Crippen LogP contribution is 2.70. The van der Waals surface area contributed by atoms with Gasteiger partial charge >= 0.3 is 0 Å². The molecule has 2 aromatic carbocycles. The molecule has 5 aromatic rings. The number of pyridine rings is 2. The van der Waals surface area contributed by atoms with Gasteiger partial charge < -0.3 is 16.4 Å². The van der Waals surface area contributed by atoms with Gasteiger partial charge in [0.05, 0.1) is 11.3 Å². The van der Waals surface area contributed by atoms with E-state index < -0.39 is 0 Å². The lowest BCUT2D eigenvalue weighted by Gasteiger charge is -2.38. The van der Waals surface area contributed by atoms with Gasteiger partial charge in [-0.3, -0.25) is 9.36 Å². The summed E-state index contributed by atoms with van der Waals surface area (Å²) in [6.07, 6.45) is 8.44. The molecule has 5 aliphatic carbocycles. The van der Waals surface area contributed by atoms with Crippen LogP contribution in [-0.2, 0) is 10.3 Å². The smallest absolute Gasteiger partial charge is 0.219 e. The fraction of sp³-hybridized carbons (Fsp3) is 0.385. The minimum atomic E-state index is -0.231. The van der Waals surface area contributed by atoms with Gasteiger partial charge in [-0.2, -0.15) is 0 Å². The molecule has 5 fully saturated rings. The van der Waals surface area contributed by atoms with Crippen LogP contribution in [0.4, 0.5) is 5.82 Å². The molecule has 4 N–H and O–H groups in total. The number of benzene rings is 2. The number of rotatable bonds is 6. The van der Waals surface area contributed by atoms with E-state index in [4.69, 9.17) is 21.4 Å². The fourth-order valence-electron chi connectivity index (χ4n) is 9.40. The largest absolute Gasteiger partial charge is 0.383 e. The number of aromatic nitrogens is 4. The normalized spacial score (nSPS) is 26.9. The first-order valence-electron chi connectivity index (χ1n) is 17.1. The van der Waals surface area contributed by atoms with Gasteiger partial charge in [0.1, 0.15) is 11.3 Å². The number of imidazole rings is 1. The Balaban J connectivity index is 1.11. The number of anilines is 1. The maximum atomic E-state index is 12.2. The molecule has 47 heavy (non-hydrogen) atoms. The molecule has 6 atom stereocenters. The van der Waals surface area contributed by atoms with E-state index in [-0.39, 0.29) is 11.4 Å². The number of carbonyl (C=O) groups excluding carboxylic acids is 1. The third kappa shape index (κ3) is 4.52. The third-order valence-corrected chi connectivity index (χ3v) is 12.2. The Labute approximate surface area is 275 Å². The van der Waals surface area contributed by atoms with Crippen LogP contribution in [-0.4, -0.2) is 43.4 Å². The van der Waals surface area contributed by atoms with E-state index in [1.165, 1.54) is 24.0 Å². The summed E-state index contributed by atoms with van der Waals surface area (Å²) in [6.45, 7) is 1.70. The molecule has 8 nitrogen and oxygen atoms in total. The van der Waals surface area contributed by atoms with Gasteiger partial charge in [0, 0.05) is 43.0 Å². The number of hydrogen-bond donors (Lipinski definition) is 2. The number of fused-ring (bicyclic) bond motifs is 3. The third-order valence-electron chi connectivity index (χ3n) is 12.2. The number of nitrogens with zero attached hydrogens (tertiary/aromatic N) is 5. The zero-order valence-electron chi connectivity index (χ0n) is 27.0. The summed E-state index contributed by atoms with van der Waals surface area (Å²) in [5.41, 5.74) is 20.7. The van der Waals surface area contributed by atoms with Crippen LogP contribution in [0.15, 0.2) is 79.0 Å². The maximum absolute atomic E-state index is 12.2. The Hall–Kier alpha value is -4.56. The van der Waals surface area contributed by atoms with E-state index in [0.29, 0.717) is 29.5 Å². The highest BCUT2D eigenvalue weighted by atomic mass is 16.2. The lowest BCUT2D eigenvalue weighted by Crippen LogP contribution is -2.43. The molecule has 10 rings (SSSR count). The molecule has 1 amide bonds. The minimum absolute atomic E-state index is 0.178. The second-order valence-electron chi connectivity index (χ2n) is 14.6. The topological polar surface area (TPSA) is 116 Å². The van der Waals surface area contributed by atoms with Gasteiger partial charge in [-0.1, -0.05) is 30.3 Å². The Morgan fingerprint density at radius 3 is 2.51 bits per heavy atom. The molecule has 3 aromatic heterocycles. The predicted molar refractivity (Wildman–Crippen MR) is 184 cm³/mol. The first-order valence-corrected chi connectivity index (χ1v) is 17.1. The van der Waals surface area contributed by atoms with E-state index in [9.17, 15) is 4.79 Å². The van der Waals surface area contributed by atoms with Gasteiger partial charge in [0.15, 0.2) is 11.5 Å². The molecule has 0 radical (unpaired) electrons. The van der Waals surface area contributed by atoms with Crippen molar-refractivity contribution in [1.29, 1.82) is 0 Å². The van der Waals surface area contributed by atoms with E-state index in [1.807, 2.05) is 24.1 Å². The van der Waals surface area contributed by atoms with E-state index in [1.54, 1.807) is 13.1 Å². The molecule has 0 spiro atoms. The first kappa shape index (κ1) is 28.6. The Morgan fingerprint density at radius 1 is 0.957 bits per heavy atom. The molecule has 4 bridgehead atoms. The average Bonchev–Trinajstić information content (AvgIpc) is 3.51. The van der Waals surface area contributed by atoms with Crippen molar-refractivity contribution in [2.45, 2.75) is 62.9 Å². The summed E-state index contributed by atoms with van der Waals surface area (Å²) >= 11 is 0. The molecule has 5 aliphatic rings. The van der Waals surface area contributed by atoms with Crippen LogP contribution in [0, 0.1) is 23.7 Å². The van der Waals surface area contributed by atoms with Crippen LogP contribution in [0.25, 0.3) is 39.5 Å². The van der Waals surface area contributed by atoms with Crippen LogP contribution in [0.3, 0.4) is 0 Å². The van der Waals surface area contributed by atoms with Crippen LogP contribution in [0.5, 0.6) is 0 Å². The quantitative estimate of drug-likeness (QED) is 0.218. The van der Waals surface area contributed by atoms with Gasteiger partial charge in [-0.15, -0.1) is 0 Å². The summed E-state index contributed by atoms with van der Waals surface area (Å²) < 4.78 is 2.10. The van der Waals surface area contributed by atoms with Crippen LogP contribution >= 0.6 is 0 Å². The summed E-state index contributed by atoms with van der Waals surface area (Å²) in [5, 5.41) is 0. The molecule has 238 valence electrons. The second kappa shape index (κ2) is 10.5. The van der Waals surface area contributed by atoms with Crippen molar-refractivity contribution in [3.8, 4) is 28.3 Å². The Kier molecular flexibility index (Phi) is 6.38. The monoisotopic (exact) mass is 623 g/mol. The SMILES string of the molecule is CC(=O)N(C)[C@H]1C[C@H]2CC3C(C2c2cccc(-c4ccc5nc(-c6cccnc6N)n(-c6ccc(C7(N)CCC7)cc6)c5n4)c2)[C@@H]3C1. The molecule has 3 heterocycles. The van der Waals surface area contributed by atoms with Gasteiger partial charge in [0.2, 0.25) is 5.91 Å². The highest BCUT2D eigenvalue weighted by Gasteiger charge is 2.64. The first-order chi connectivity index (χ1) is 22.8. The van der Waals surface area contributed by atoms with Gasteiger partial charge in [0.25, 0.3) is 0 Å². The van der Waals surface area contributed by atoms with E-state index >= 15 is 0 Å². The summed E-state index contributed by atoms with van der Waals surface area (Å²) in [7, 11) is 1.99. The number of nitrogen functional groups attached to an aromatic ring is 1. The Morgan fingerprint density at radius 2 is 1.77 bits per heavy atom. The van der Waals surface area contributed by atoms with Crippen molar-refractivity contribution in [2.24, 2.45) is 29.4 Å². The zero-order valence-corrected chi connectivity index (χ0v) is 27.0. The molecule has 3 unspecified atom stereocenters. The fourth-order valence-corrected chi connectivity index (χ4v) is 9.40. The molecular weight excluding hydrogens is 582 g/mol. The van der Waals surface area contributed by atoms with Gasteiger partial charge in [-0.05, 0) is 122 Å². The summed E-state index contributed by atoms with van der Waals surface area (Å²) in [4.78, 5) is 28.9.